The van der Waals surface area contributed by atoms with Crippen molar-refractivity contribution in [2.75, 3.05) is 0 Å². The van der Waals surface area contributed by atoms with E-state index in [2.05, 4.69) is 32.2 Å². The number of aromatic nitrogens is 1. The van der Waals surface area contributed by atoms with Crippen molar-refractivity contribution in [3.8, 4) is 0 Å². The summed E-state index contributed by atoms with van der Waals surface area (Å²) in [6, 6.07) is 4.69. The number of rotatable bonds is 10. The Bertz CT molecular complexity index is 518. The van der Waals surface area contributed by atoms with E-state index in [-0.39, 0.29) is 0 Å². The zero-order valence-corrected chi connectivity index (χ0v) is 18.8. The molecule has 1 heteroatoms. The van der Waals surface area contributed by atoms with Crippen LogP contribution < -0.4 is 0 Å². The van der Waals surface area contributed by atoms with Crippen molar-refractivity contribution in [1.82, 2.24) is 4.98 Å². The van der Waals surface area contributed by atoms with E-state index < -0.39 is 0 Å². The Kier molecular flexibility index (Phi) is 9.35. The molecule has 2 saturated carbocycles. The summed E-state index contributed by atoms with van der Waals surface area (Å²) in [4.78, 5) is 4.86. The fraction of sp³-hybridized carbons (Fsp3) is 0.815. The number of unbranched alkanes of at least 4 members (excludes halogenated alkanes) is 4. The van der Waals surface area contributed by atoms with E-state index in [1.165, 1.54) is 114 Å². The first-order valence-electron chi connectivity index (χ1n) is 12.7. The Morgan fingerprint density at radius 3 is 2.00 bits per heavy atom. The number of pyridine rings is 1. The summed E-state index contributed by atoms with van der Waals surface area (Å²) in [6.45, 7) is 4.60. The molecule has 1 aromatic rings. The van der Waals surface area contributed by atoms with Crippen LogP contribution in [0.2, 0.25) is 0 Å². The first kappa shape index (κ1) is 21.8. The molecule has 2 aliphatic carbocycles. The molecule has 0 aromatic carbocycles. The Hall–Kier alpha value is -0.850. The molecule has 1 nitrogen and oxygen atoms in total. The molecule has 0 radical (unpaired) electrons. The lowest BCUT2D eigenvalue weighted by atomic mass is 9.68. The molecule has 0 atom stereocenters. The van der Waals surface area contributed by atoms with Crippen molar-refractivity contribution in [2.24, 2.45) is 17.8 Å². The van der Waals surface area contributed by atoms with Gasteiger partial charge in [-0.2, -0.15) is 0 Å². The van der Waals surface area contributed by atoms with Gasteiger partial charge in [-0.05, 0) is 80.8 Å². The quantitative estimate of drug-likeness (QED) is 0.369. The molecule has 0 aliphatic heterocycles. The maximum atomic E-state index is 4.86. The number of nitrogens with zero attached hydrogens (tertiary/aromatic N) is 1. The molecule has 1 aromatic heterocycles. The lowest BCUT2D eigenvalue weighted by Gasteiger charge is -2.38. The van der Waals surface area contributed by atoms with Gasteiger partial charge in [0.2, 0.25) is 0 Å². The van der Waals surface area contributed by atoms with Crippen LogP contribution in [0.1, 0.15) is 127 Å². The van der Waals surface area contributed by atoms with E-state index in [0.29, 0.717) is 0 Å². The zero-order chi connectivity index (χ0) is 19.6. The van der Waals surface area contributed by atoms with Gasteiger partial charge in [0.15, 0.2) is 0 Å². The van der Waals surface area contributed by atoms with Gasteiger partial charge in [0, 0.05) is 17.8 Å². The van der Waals surface area contributed by atoms with E-state index >= 15 is 0 Å². The van der Waals surface area contributed by atoms with Crippen LogP contribution in [-0.2, 0) is 6.42 Å². The van der Waals surface area contributed by atoms with Gasteiger partial charge >= 0.3 is 0 Å². The first-order valence-corrected chi connectivity index (χ1v) is 12.7. The smallest absolute Gasteiger partial charge is 0.0434 e. The predicted molar refractivity (Wildman–Crippen MR) is 122 cm³/mol. The first-order chi connectivity index (χ1) is 13.8. The average molecular weight is 384 g/mol. The van der Waals surface area contributed by atoms with Crippen LogP contribution >= 0.6 is 0 Å². The summed E-state index contributed by atoms with van der Waals surface area (Å²) in [5.74, 6) is 3.84. The van der Waals surface area contributed by atoms with Crippen LogP contribution in [0.15, 0.2) is 18.3 Å². The Balaban J connectivity index is 1.38. The fourth-order valence-electron chi connectivity index (χ4n) is 5.92. The lowest BCUT2D eigenvalue weighted by molar-refractivity contribution is 0.155. The monoisotopic (exact) mass is 383 g/mol. The second-order valence-corrected chi connectivity index (χ2v) is 9.94. The summed E-state index contributed by atoms with van der Waals surface area (Å²) in [5, 5.41) is 0. The Morgan fingerprint density at radius 1 is 0.750 bits per heavy atom. The third-order valence-corrected chi connectivity index (χ3v) is 7.88. The molecule has 2 fully saturated rings. The molecular formula is C27H45N. The number of aryl methyl sites for hydroxylation is 1. The van der Waals surface area contributed by atoms with E-state index in [0.717, 1.165) is 23.7 Å². The predicted octanol–water partition coefficient (Wildman–Crippen LogP) is 8.47. The Morgan fingerprint density at radius 2 is 1.39 bits per heavy atom. The topological polar surface area (TPSA) is 12.9 Å². The van der Waals surface area contributed by atoms with Gasteiger partial charge < -0.3 is 0 Å². The van der Waals surface area contributed by atoms with E-state index in [1.807, 2.05) is 0 Å². The summed E-state index contributed by atoms with van der Waals surface area (Å²) >= 11 is 0. The van der Waals surface area contributed by atoms with E-state index in [1.54, 1.807) is 0 Å². The van der Waals surface area contributed by atoms with Gasteiger partial charge in [0.05, 0.1) is 0 Å². The minimum absolute atomic E-state index is 0.728. The van der Waals surface area contributed by atoms with Crippen molar-refractivity contribution in [3.05, 3.63) is 29.6 Å². The van der Waals surface area contributed by atoms with Gasteiger partial charge in [-0.1, -0.05) is 71.3 Å². The summed E-state index contributed by atoms with van der Waals surface area (Å²) in [5.41, 5.74) is 2.80. The highest BCUT2D eigenvalue weighted by Crippen LogP contribution is 2.44. The molecule has 0 saturated heterocycles. The van der Waals surface area contributed by atoms with Crippen LogP contribution in [0.25, 0.3) is 0 Å². The number of hydrogen-bond acceptors (Lipinski definition) is 1. The van der Waals surface area contributed by atoms with Gasteiger partial charge in [-0.3, -0.25) is 4.98 Å². The lowest BCUT2D eigenvalue weighted by Crippen LogP contribution is -2.25. The molecule has 0 unspecified atom stereocenters. The maximum absolute atomic E-state index is 4.86. The van der Waals surface area contributed by atoms with Gasteiger partial charge in [0.1, 0.15) is 0 Å². The summed E-state index contributed by atoms with van der Waals surface area (Å²) in [7, 11) is 0. The highest BCUT2D eigenvalue weighted by atomic mass is 14.7. The zero-order valence-electron chi connectivity index (χ0n) is 18.8. The third-order valence-electron chi connectivity index (χ3n) is 7.88. The highest BCUT2D eigenvalue weighted by molar-refractivity contribution is 5.17. The third kappa shape index (κ3) is 6.60. The van der Waals surface area contributed by atoms with Crippen LogP contribution in [0, 0.1) is 17.8 Å². The van der Waals surface area contributed by atoms with Crippen molar-refractivity contribution >= 4 is 0 Å². The molecule has 2 aliphatic rings. The van der Waals surface area contributed by atoms with Crippen molar-refractivity contribution in [2.45, 2.75) is 122 Å². The van der Waals surface area contributed by atoms with Gasteiger partial charge in [0.25, 0.3) is 0 Å². The SMILES string of the molecule is CCCCCc1ccc([C@H]2CC[C@H]([C@H]3CC[C@H](CCCCC)CC3)CC2)nc1. The molecular weight excluding hydrogens is 338 g/mol. The molecule has 3 rings (SSSR count). The average Bonchev–Trinajstić information content (AvgIpc) is 2.75. The maximum Gasteiger partial charge on any atom is 0.0434 e. The van der Waals surface area contributed by atoms with Crippen molar-refractivity contribution in [3.63, 3.8) is 0 Å². The molecule has 0 spiro atoms. The standard InChI is InChI=1S/C27H45N/c1-3-5-7-9-22-11-14-24(15-12-22)25-16-18-26(19-17-25)27-20-13-23(21-28-27)10-8-6-4-2/h13,20-22,24-26H,3-12,14-19H2,1-2H3/t22-,24-,25-,26-. The van der Waals surface area contributed by atoms with E-state index in [4.69, 9.17) is 4.98 Å². The summed E-state index contributed by atoms with van der Waals surface area (Å²) in [6.07, 6.45) is 24.9. The minimum atomic E-state index is 0.728. The molecule has 0 bridgehead atoms. The second kappa shape index (κ2) is 12.0. The molecule has 0 amide bonds. The van der Waals surface area contributed by atoms with Crippen LogP contribution in [0.3, 0.4) is 0 Å². The van der Waals surface area contributed by atoms with E-state index in [9.17, 15) is 0 Å². The normalized spacial score (nSPS) is 28.4. The fourth-order valence-corrected chi connectivity index (χ4v) is 5.92. The highest BCUT2D eigenvalue weighted by Gasteiger charge is 2.31. The second-order valence-electron chi connectivity index (χ2n) is 9.94. The summed E-state index contributed by atoms with van der Waals surface area (Å²) < 4.78 is 0. The van der Waals surface area contributed by atoms with Crippen molar-refractivity contribution < 1.29 is 0 Å². The van der Waals surface area contributed by atoms with Crippen LogP contribution in [0.4, 0.5) is 0 Å². The molecule has 1 heterocycles. The van der Waals surface area contributed by atoms with Crippen LogP contribution in [0.5, 0.6) is 0 Å². The van der Waals surface area contributed by atoms with Gasteiger partial charge in [-0.25, -0.2) is 0 Å². The largest absolute Gasteiger partial charge is 0.261 e. The minimum Gasteiger partial charge on any atom is -0.261 e. The number of hydrogen-bond donors (Lipinski definition) is 0. The molecule has 28 heavy (non-hydrogen) atoms. The molecule has 0 N–H and O–H groups in total. The van der Waals surface area contributed by atoms with Crippen molar-refractivity contribution in [1.29, 1.82) is 0 Å². The Labute approximate surface area is 175 Å². The van der Waals surface area contributed by atoms with Gasteiger partial charge in [-0.15, -0.1) is 0 Å². The van der Waals surface area contributed by atoms with Crippen LogP contribution in [-0.4, -0.2) is 4.98 Å². The molecule has 158 valence electrons.